The average molecular weight is 346 g/mol. The lowest BCUT2D eigenvalue weighted by molar-refractivity contribution is 0.0381. The summed E-state index contributed by atoms with van der Waals surface area (Å²) < 4.78 is 3.49. The summed E-state index contributed by atoms with van der Waals surface area (Å²) in [4.78, 5) is 14.4. The van der Waals surface area contributed by atoms with Gasteiger partial charge in [-0.2, -0.15) is 5.10 Å². The summed E-state index contributed by atoms with van der Waals surface area (Å²) >= 11 is 0. The van der Waals surface area contributed by atoms with E-state index in [4.69, 9.17) is 0 Å². The molecule has 8 heteroatoms. The van der Waals surface area contributed by atoms with Crippen LogP contribution in [0.3, 0.4) is 0 Å². The van der Waals surface area contributed by atoms with E-state index in [9.17, 15) is 9.90 Å². The standard InChI is InChI=1S/C17H26N6O2/c1-12(2)22-10-14(19-20-22)17(25)6-7-21(11-17)15(24)13-8-18-23(9-13)16(3,4)5/h8-10,12,25H,6-7,11H2,1-5H3/t17-/m0/s1. The molecule has 1 aliphatic heterocycles. The topological polar surface area (TPSA) is 89.1 Å². The number of nitrogens with zero attached hydrogens (tertiary/aromatic N) is 6. The fourth-order valence-corrected chi connectivity index (χ4v) is 2.90. The smallest absolute Gasteiger partial charge is 0.257 e. The van der Waals surface area contributed by atoms with Gasteiger partial charge in [-0.1, -0.05) is 5.21 Å². The van der Waals surface area contributed by atoms with Gasteiger partial charge >= 0.3 is 0 Å². The molecular formula is C17H26N6O2. The molecule has 1 N–H and O–H groups in total. The molecule has 1 fully saturated rings. The predicted octanol–water partition coefficient (Wildman–Crippen LogP) is 1.54. The lowest BCUT2D eigenvalue weighted by Crippen LogP contribution is -2.34. The normalized spacial score (nSPS) is 21.3. The summed E-state index contributed by atoms with van der Waals surface area (Å²) in [5.74, 6) is -0.123. The molecule has 1 saturated heterocycles. The van der Waals surface area contributed by atoms with Crippen molar-refractivity contribution in [2.45, 2.75) is 58.2 Å². The van der Waals surface area contributed by atoms with Crippen molar-refractivity contribution in [3.8, 4) is 0 Å². The molecular weight excluding hydrogens is 320 g/mol. The first-order chi connectivity index (χ1) is 11.6. The fourth-order valence-electron chi connectivity index (χ4n) is 2.90. The molecule has 136 valence electrons. The maximum atomic E-state index is 12.7. The van der Waals surface area contributed by atoms with Gasteiger partial charge in [0.25, 0.3) is 5.91 Å². The molecule has 0 spiro atoms. The van der Waals surface area contributed by atoms with Gasteiger partial charge in [0.15, 0.2) is 0 Å². The number of amides is 1. The highest BCUT2D eigenvalue weighted by Gasteiger charge is 2.42. The van der Waals surface area contributed by atoms with Crippen LogP contribution >= 0.6 is 0 Å². The SMILES string of the molecule is CC(C)n1cc([C@]2(O)CCN(C(=O)c3cnn(C(C)(C)C)c3)C2)nn1. The number of likely N-dealkylation sites (tertiary alicyclic amines) is 1. The number of rotatable bonds is 3. The number of carbonyl (C=O) groups excluding carboxylic acids is 1. The van der Waals surface area contributed by atoms with Gasteiger partial charge in [0, 0.05) is 25.2 Å². The van der Waals surface area contributed by atoms with Crippen molar-refractivity contribution in [2.75, 3.05) is 13.1 Å². The van der Waals surface area contributed by atoms with E-state index in [2.05, 4.69) is 15.4 Å². The Morgan fingerprint density at radius 2 is 2.04 bits per heavy atom. The summed E-state index contributed by atoms with van der Waals surface area (Å²) in [6, 6.07) is 0.173. The molecule has 0 aliphatic carbocycles. The van der Waals surface area contributed by atoms with E-state index >= 15 is 0 Å². The quantitative estimate of drug-likeness (QED) is 0.911. The first-order valence-electron chi connectivity index (χ1n) is 8.59. The van der Waals surface area contributed by atoms with Crippen LogP contribution in [0.4, 0.5) is 0 Å². The van der Waals surface area contributed by atoms with Crippen molar-refractivity contribution in [1.82, 2.24) is 29.7 Å². The van der Waals surface area contributed by atoms with Gasteiger partial charge in [-0.05, 0) is 34.6 Å². The summed E-state index contributed by atoms with van der Waals surface area (Å²) in [6.45, 7) is 10.8. The molecule has 0 unspecified atom stereocenters. The van der Waals surface area contributed by atoms with Gasteiger partial charge in [0.05, 0.1) is 30.0 Å². The molecule has 2 aromatic heterocycles. The van der Waals surface area contributed by atoms with Crippen LogP contribution in [0.25, 0.3) is 0 Å². The average Bonchev–Trinajstić information content (AvgIpc) is 3.25. The van der Waals surface area contributed by atoms with E-state index in [0.29, 0.717) is 24.2 Å². The van der Waals surface area contributed by atoms with Crippen LogP contribution in [0.15, 0.2) is 18.6 Å². The van der Waals surface area contributed by atoms with Gasteiger partial charge in [-0.25, -0.2) is 4.68 Å². The summed E-state index contributed by atoms with van der Waals surface area (Å²) in [5, 5.41) is 23.4. The monoisotopic (exact) mass is 346 g/mol. The van der Waals surface area contributed by atoms with Crippen LogP contribution < -0.4 is 0 Å². The molecule has 3 rings (SSSR count). The van der Waals surface area contributed by atoms with Crippen molar-refractivity contribution >= 4 is 5.91 Å². The molecule has 3 heterocycles. The van der Waals surface area contributed by atoms with Crippen LogP contribution in [0.5, 0.6) is 0 Å². The number of hydrogen-bond acceptors (Lipinski definition) is 5. The third-order valence-electron chi connectivity index (χ3n) is 4.57. The van der Waals surface area contributed by atoms with Gasteiger partial charge < -0.3 is 10.0 Å². The van der Waals surface area contributed by atoms with Gasteiger partial charge in [0.2, 0.25) is 0 Å². The second kappa shape index (κ2) is 5.94. The largest absolute Gasteiger partial charge is 0.381 e. The summed E-state index contributed by atoms with van der Waals surface area (Å²) in [5.41, 5.74) is -0.283. The second-order valence-corrected chi connectivity index (χ2v) is 8.03. The van der Waals surface area contributed by atoms with Crippen molar-refractivity contribution in [3.05, 3.63) is 29.8 Å². The van der Waals surface area contributed by atoms with Crippen LogP contribution in [-0.2, 0) is 11.1 Å². The molecule has 0 aromatic carbocycles. The molecule has 1 atom stereocenters. The maximum Gasteiger partial charge on any atom is 0.257 e. The van der Waals surface area contributed by atoms with Crippen LogP contribution in [0, 0.1) is 0 Å². The van der Waals surface area contributed by atoms with Crippen LogP contribution in [0.2, 0.25) is 0 Å². The Hall–Kier alpha value is -2.22. The molecule has 2 aromatic rings. The van der Waals surface area contributed by atoms with E-state index in [1.54, 1.807) is 32.9 Å². The number of aromatic nitrogens is 5. The van der Waals surface area contributed by atoms with Crippen molar-refractivity contribution < 1.29 is 9.90 Å². The lowest BCUT2D eigenvalue weighted by atomic mass is 10.00. The molecule has 0 radical (unpaired) electrons. The Labute approximate surface area is 147 Å². The number of aliphatic hydroxyl groups is 1. The zero-order valence-corrected chi connectivity index (χ0v) is 15.5. The van der Waals surface area contributed by atoms with E-state index in [1.165, 1.54) is 0 Å². The number of hydrogen-bond donors (Lipinski definition) is 1. The minimum absolute atomic E-state index is 0.123. The van der Waals surface area contributed by atoms with Gasteiger partial charge in [0.1, 0.15) is 11.3 Å². The molecule has 1 aliphatic rings. The first-order valence-corrected chi connectivity index (χ1v) is 8.59. The maximum absolute atomic E-state index is 12.7. The van der Waals surface area contributed by atoms with E-state index in [0.717, 1.165) is 0 Å². The molecule has 0 bridgehead atoms. The molecule has 1 amide bonds. The highest BCUT2D eigenvalue weighted by Crippen LogP contribution is 2.31. The van der Waals surface area contributed by atoms with Gasteiger partial charge in [-0.15, -0.1) is 5.10 Å². The Morgan fingerprint density at radius 1 is 1.32 bits per heavy atom. The number of carbonyl (C=O) groups is 1. The van der Waals surface area contributed by atoms with E-state index < -0.39 is 5.60 Å². The lowest BCUT2D eigenvalue weighted by Gasteiger charge is -2.21. The highest BCUT2D eigenvalue weighted by molar-refractivity contribution is 5.94. The zero-order valence-electron chi connectivity index (χ0n) is 15.5. The third kappa shape index (κ3) is 3.30. The molecule has 8 nitrogen and oxygen atoms in total. The highest BCUT2D eigenvalue weighted by atomic mass is 16.3. The predicted molar refractivity (Wildman–Crippen MR) is 92.0 cm³/mol. The Balaban J connectivity index is 1.75. The Bertz CT molecular complexity index is 772. The van der Waals surface area contributed by atoms with Crippen molar-refractivity contribution in [3.63, 3.8) is 0 Å². The minimum Gasteiger partial charge on any atom is -0.381 e. The Morgan fingerprint density at radius 3 is 2.60 bits per heavy atom. The van der Waals surface area contributed by atoms with Gasteiger partial charge in [-0.3, -0.25) is 9.48 Å². The molecule has 0 saturated carbocycles. The minimum atomic E-state index is -1.15. The fraction of sp³-hybridized carbons (Fsp3) is 0.647. The summed E-state index contributed by atoms with van der Waals surface area (Å²) in [7, 11) is 0. The third-order valence-corrected chi connectivity index (χ3v) is 4.57. The van der Waals surface area contributed by atoms with E-state index in [-0.39, 0.29) is 24.0 Å². The number of β-amino-alcohol motifs (C(OH)–C–C–N with tert-alkyl or cyclic N) is 1. The summed E-state index contributed by atoms with van der Waals surface area (Å²) in [6.07, 6.45) is 5.55. The van der Waals surface area contributed by atoms with Crippen LogP contribution in [0.1, 0.15) is 63.1 Å². The zero-order chi connectivity index (χ0) is 18.4. The van der Waals surface area contributed by atoms with Crippen molar-refractivity contribution in [1.29, 1.82) is 0 Å². The Kier molecular flexibility index (Phi) is 4.18. The van der Waals surface area contributed by atoms with Crippen LogP contribution in [-0.4, -0.2) is 53.8 Å². The van der Waals surface area contributed by atoms with Crippen molar-refractivity contribution in [2.24, 2.45) is 0 Å². The second-order valence-electron chi connectivity index (χ2n) is 8.03. The van der Waals surface area contributed by atoms with E-state index in [1.807, 2.05) is 34.6 Å². The first kappa shape index (κ1) is 17.6. The molecule has 25 heavy (non-hydrogen) atoms.